The molecule has 1 unspecified atom stereocenters. The monoisotopic (exact) mass is 231 g/mol. The van der Waals surface area contributed by atoms with Crippen LogP contribution in [0.2, 0.25) is 0 Å². The topological polar surface area (TPSA) is 38.7 Å². The van der Waals surface area contributed by atoms with E-state index in [9.17, 15) is 18.1 Å². The van der Waals surface area contributed by atoms with Gasteiger partial charge in [-0.05, 0) is 11.6 Å². The van der Waals surface area contributed by atoms with E-state index in [2.05, 4.69) is 4.84 Å². The lowest BCUT2D eigenvalue weighted by molar-refractivity contribution is -0.204. The minimum Gasteiger partial charge on any atom is -0.347 e. The molecule has 16 heavy (non-hydrogen) atoms. The van der Waals surface area contributed by atoms with Crippen LogP contribution in [0.1, 0.15) is 5.56 Å². The molecule has 0 saturated heterocycles. The largest absolute Gasteiger partial charge is 0.431 e. The Labute approximate surface area is 89.5 Å². The van der Waals surface area contributed by atoms with Crippen molar-refractivity contribution in [3.63, 3.8) is 0 Å². The fraction of sp³-hybridized carbons (Fsp3) is 0.200. The van der Waals surface area contributed by atoms with Crippen LogP contribution in [-0.2, 0) is 4.84 Å². The summed E-state index contributed by atoms with van der Waals surface area (Å²) in [4.78, 5) is 13.4. The van der Waals surface area contributed by atoms with Crippen molar-refractivity contribution in [1.29, 1.82) is 0 Å². The highest BCUT2D eigenvalue weighted by molar-refractivity contribution is 5.49. The van der Waals surface area contributed by atoms with Gasteiger partial charge in [0.05, 0.1) is 0 Å². The molecular weight excluding hydrogens is 223 g/mol. The van der Waals surface area contributed by atoms with Gasteiger partial charge in [0.25, 0.3) is 0 Å². The van der Waals surface area contributed by atoms with E-state index in [1.807, 2.05) is 0 Å². The van der Waals surface area contributed by atoms with Crippen LogP contribution in [0.15, 0.2) is 41.7 Å². The lowest BCUT2D eigenvalue weighted by Crippen LogP contribution is -2.27. The summed E-state index contributed by atoms with van der Waals surface area (Å²) in [5, 5.41) is 1.79. The molecule has 0 aliphatic heterocycles. The number of alkyl halides is 3. The molecule has 1 rings (SSSR count). The third kappa shape index (κ3) is 3.72. The van der Waals surface area contributed by atoms with E-state index in [4.69, 9.17) is 0 Å². The van der Waals surface area contributed by atoms with Crippen LogP contribution in [0.3, 0.4) is 0 Å². The van der Waals surface area contributed by atoms with E-state index in [0.717, 1.165) is 6.08 Å². The molecule has 0 aromatic heterocycles. The predicted molar refractivity (Wildman–Crippen MR) is 52.2 cm³/mol. The molecule has 1 aromatic carbocycles. The molecule has 1 atom stereocenters. The van der Waals surface area contributed by atoms with Crippen LogP contribution >= 0.6 is 0 Å². The molecule has 0 spiro atoms. The fourth-order valence-electron chi connectivity index (χ4n) is 1.01. The van der Waals surface area contributed by atoms with E-state index in [-0.39, 0.29) is 0 Å². The van der Waals surface area contributed by atoms with Crippen molar-refractivity contribution in [2.75, 3.05) is 0 Å². The molecule has 0 N–H and O–H groups in total. The second-order valence-electron chi connectivity index (χ2n) is 2.91. The lowest BCUT2D eigenvalue weighted by Gasteiger charge is -2.12. The smallest absolute Gasteiger partial charge is 0.347 e. The third-order valence-electron chi connectivity index (χ3n) is 1.74. The first kappa shape index (κ1) is 12.2. The Kier molecular flexibility index (Phi) is 4.04. The molecule has 6 heteroatoms. The number of rotatable bonds is 4. The molecule has 0 fully saturated rings. The lowest BCUT2D eigenvalue weighted by atomic mass is 10.2. The second kappa shape index (κ2) is 5.29. The third-order valence-corrected chi connectivity index (χ3v) is 1.74. The predicted octanol–water partition coefficient (Wildman–Crippen LogP) is 3.33. The van der Waals surface area contributed by atoms with Gasteiger partial charge in [-0.1, -0.05) is 36.4 Å². The Morgan fingerprint density at radius 3 is 2.38 bits per heavy atom. The van der Waals surface area contributed by atoms with Crippen molar-refractivity contribution >= 4 is 6.08 Å². The molecule has 0 radical (unpaired) electrons. The van der Waals surface area contributed by atoms with Crippen molar-refractivity contribution in [3.8, 4) is 0 Å². The van der Waals surface area contributed by atoms with Gasteiger partial charge in [-0.2, -0.15) is 13.2 Å². The minimum absolute atomic E-state index is 0.575. The van der Waals surface area contributed by atoms with Gasteiger partial charge in [0.1, 0.15) is 0 Å². The molecule has 1 aromatic rings. The quantitative estimate of drug-likeness (QED) is 0.588. The standard InChI is InChI=1S/C10H8F3NO2/c11-10(12,13)9(16-14-15)7-6-8-4-2-1-3-5-8/h1-7,9H. The molecule has 86 valence electrons. The average Bonchev–Trinajstić information content (AvgIpc) is 2.24. The molecule has 0 saturated carbocycles. The Hall–Kier alpha value is -1.85. The highest BCUT2D eigenvalue weighted by atomic mass is 19.4. The van der Waals surface area contributed by atoms with Crippen molar-refractivity contribution in [1.82, 2.24) is 0 Å². The SMILES string of the molecule is O=NOC(C=Cc1ccccc1)C(F)(F)F. The maximum Gasteiger partial charge on any atom is 0.431 e. The number of nitrogens with zero attached hydrogens (tertiary/aromatic N) is 1. The van der Waals surface area contributed by atoms with Crippen LogP contribution in [0.25, 0.3) is 6.08 Å². The molecule has 0 amide bonds. The number of benzene rings is 1. The van der Waals surface area contributed by atoms with Gasteiger partial charge in [0, 0.05) is 0 Å². The van der Waals surface area contributed by atoms with Crippen molar-refractivity contribution in [2.45, 2.75) is 12.3 Å². The summed E-state index contributed by atoms with van der Waals surface area (Å²) in [6.07, 6.45) is -5.02. The Balaban J connectivity index is 2.76. The molecule has 0 heterocycles. The van der Waals surface area contributed by atoms with Gasteiger partial charge in [0.15, 0.2) is 5.34 Å². The first-order valence-electron chi connectivity index (χ1n) is 4.32. The normalized spacial score (nSPS) is 13.7. The molecule has 0 bridgehead atoms. The summed E-state index contributed by atoms with van der Waals surface area (Å²) in [6.45, 7) is 0. The van der Waals surface area contributed by atoms with Gasteiger partial charge in [-0.3, -0.25) is 0 Å². The van der Waals surface area contributed by atoms with E-state index in [1.54, 1.807) is 35.7 Å². The second-order valence-corrected chi connectivity index (χ2v) is 2.91. The van der Waals surface area contributed by atoms with Gasteiger partial charge in [-0.15, -0.1) is 4.91 Å². The fourth-order valence-corrected chi connectivity index (χ4v) is 1.01. The van der Waals surface area contributed by atoms with Crippen molar-refractivity contribution in [3.05, 3.63) is 46.9 Å². The highest BCUT2D eigenvalue weighted by Crippen LogP contribution is 2.24. The van der Waals surface area contributed by atoms with E-state index in [1.165, 1.54) is 6.08 Å². The minimum atomic E-state index is -4.65. The summed E-state index contributed by atoms with van der Waals surface area (Å²) >= 11 is 0. The van der Waals surface area contributed by atoms with Crippen LogP contribution in [0.5, 0.6) is 0 Å². The number of hydrogen-bond donors (Lipinski definition) is 0. The molecular formula is C10H8F3NO2. The van der Waals surface area contributed by atoms with Gasteiger partial charge >= 0.3 is 6.18 Å². The van der Waals surface area contributed by atoms with Gasteiger partial charge in [0.2, 0.25) is 6.10 Å². The number of hydrogen-bond acceptors (Lipinski definition) is 3. The maximum atomic E-state index is 12.2. The summed E-state index contributed by atoms with van der Waals surface area (Å²) in [6, 6.07) is 8.35. The van der Waals surface area contributed by atoms with Crippen LogP contribution in [0, 0.1) is 4.91 Å². The Bertz CT molecular complexity index is 362. The van der Waals surface area contributed by atoms with Crippen LogP contribution in [0.4, 0.5) is 13.2 Å². The maximum absolute atomic E-state index is 12.2. The zero-order chi connectivity index (χ0) is 12.0. The van der Waals surface area contributed by atoms with Crippen LogP contribution < -0.4 is 0 Å². The van der Waals surface area contributed by atoms with E-state index >= 15 is 0 Å². The molecule has 3 nitrogen and oxygen atoms in total. The van der Waals surface area contributed by atoms with Crippen molar-refractivity contribution < 1.29 is 18.0 Å². The number of halogens is 3. The van der Waals surface area contributed by atoms with E-state index in [0.29, 0.717) is 5.56 Å². The summed E-state index contributed by atoms with van der Waals surface area (Å²) in [5.41, 5.74) is 0.575. The van der Waals surface area contributed by atoms with Crippen LogP contribution in [-0.4, -0.2) is 12.3 Å². The molecule has 0 aliphatic rings. The molecule has 0 aliphatic carbocycles. The first-order chi connectivity index (χ1) is 7.54. The Morgan fingerprint density at radius 2 is 1.88 bits per heavy atom. The first-order valence-corrected chi connectivity index (χ1v) is 4.32. The van der Waals surface area contributed by atoms with Gasteiger partial charge in [-0.25, -0.2) is 0 Å². The summed E-state index contributed by atoms with van der Waals surface area (Å²) in [7, 11) is 0. The zero-order valence-corrected chi connectivity index (χ0v) is 8.02. The zero-order valence-electron chi connectivity index (χ0n) is 8.02. The summed E-state index contributed by atoms with van der Waals surface area (Å²) < 4.78 is 36.7. The van der Waals surface area contributed by atoms with E-state index < -0.39 is 12.3 Å². The average molecular weight is 231 g/mol. The highest BCUT2D eigenvalue weighted by Gasteiger charge is 2.40. The van der Waals surface area contributed by atoms with Crippen molar-refractivity contribution in [2.24, 2.45) is 5.34 Å². The summed E-state index contributed by atoms with van der Waals surface area (Å²) in [5.74, 6) is 0. The van der Waals surface area contributed by atoms with Gasteiger partial charge < -0.3 is 4.84 Å². The Morgan fingerprint density at radius 1 is 1.25 bits per heavy atom.